The molecule has 0 aliphatic heterocycles. The number of fused-ring (bicyclic) bond motifs is 3. The number of imidazole rings is 1. The summed E-state index contributed by atoms with van der Waals surface area (Å²) < 4.78 is 2.25. The zero-order chi connectivity index (χ0) is 16.5. The predicted molar refractivity (Wildman–Crippen MR) is 98.7 cm³/mol. The third-order valence-electron chi connectivity index (χ3n) is 4.32. The minimum absolute atomic E-state index is 0.902. The molecule has 0 fully saturated rings. The van der Waals surface area contributed by atoms with Gasteiger partial charge in [0.25, 0.3) is 0 Å². The second-order valence-corrected chi connectivity index (χ2v) is 6.21. The monoisotopic (exact) mass is 316 g/mol. The Labute approximate surface area is 141 Å². The molecule has 24 heavy (non-hydrogen) atoms. The molecule has 0 unspecified atom stereocenters. The quantitative estimate of drug-likeness (QED) is 0.575. The Morgan fingerprint density at radius 3 is 2.46 bits per heavy atom. The van der Waals surface area contributed by atoms with Crippen molar-refractivity contribution in [2.24, 2.45) is 0 Å². The highest BCUT2D eigenvalue weighted by Crippen LogP contribution is 2.24. The van der Waals surface area contributed by atoms with Crippen LogP contribution in [0.5, 0.6) is 0 Å². The highest BCUT2D eigenvalue weighted by Gasteiger charge is 2.14. The van der Waals surface area contributed by atoms with Crippen LogP contribution in [0.4, 0.5) is 5.82 Å². The highest BCUT2D eigenvalue weighted by atomic mass is 15.2. The van der Waals surface area contributed by atoms with Crippen molar-refractivity contribution in [1.29, 1.82) is 0 Å². The summed E-state index contributed by atoms with van der Waals surface area (Å²) in [6.07, 6.45) is 3.94. The minimum atomic E-state index is 0.902. The van der Waals surface area contributed by atoms with E-state index in [2.05, 4.69) is 57.9 Å². The van der Waals surface area contributed by atoms with E-state index < -0.39 is 0 Å². The molecule has 2 aromatic heterocycles. The maximum absolute atomic E-state index is 4.78. The molecule has 4 rings (SSSR count). The molecule has 120 valence electrons. The minimum Gasteiger partial charge on any atom is -0.360 e. The van der Waals surface area contributed by atoms with Crippen molar-refractivity contribution in [2.45, 2.75) is 12.8 Å². The van der Waals surface area contributed by atoms with Gasteiger partial charge in [0.2, 0.25) is 0 Å². The van der Waals surface area contributed by atoms with E-state index >= 15 is 0 Å². The first-order valence-electron chi connectivity index (χ1n) is 8.20. The standard InChI is InChI=1S/C20H20N4/c1-23(2)20-19-21-14-16(13-12-15-8-4-3-5-9-15)24(19)18-11-7-6-10-17(18)22-20/h3-11,14H,12-13H2,1-2H3. The zero-order valence-electron chi connectivity index (χ0n) is 14.0. The first kappa shape index (κ1) is 14.7. The second-order valence-electron chi connectivity index (χ2n) is 6.21. The first-order valence-corrected chi connectivity index (χ1v) is 8.20. The Balaban J connectivity index is 1.84. The summed E-state index contributed by atoms with van der Waals surface area (Å²) in [4.78, 5) is 11.5. The van der Waals surface area contributed by atoms with Gasteiger partial charge in [-0.15, -0.1) is 0 Å². The van der Waals surface area contributed by atoms with E-state index in [4.69, 9.17) is 4.98 Å². The number of hydrogen-bond donors (Lipinski definition) is 0. The number of aryl methyl sites for hydroxylation is 2. The maximum Gasteiger partial charge on any atom is 0.181 e. The lowest BCUT2D eigenvalue weighted by Crippen LogP contribution is -2.13. The van der Waals surface area contributed by atoms with Gasteiger partial charge in [0, 0.05) is 26.0 Å². The van der Waals surface area contributed by atoms with E-state index in [1.165, 1.54) is 11.3 Å². The van der Waals surface area contributed by atoms with Gasteiger partial charge in [0.1, 0.15) is 0 Å². The van der Waals surface area contributed by atoms with E-state index in [1.54, 1.807) is 0 Å². The van der Waals surface area contributed by atoms with Crippen LogP contribution in [0.3, 0.4) is 0 Å². The molecule has 4 nitrogen and oxygen atoms in total. The molecule has 0 radical (unpaired) electrons. The Morgan fingerprint density at radius 2 is 1.67 bits per heavy atom. The van der Waals surface area contributed by atoms with E-state index in [9.17, 15) is 0 Å². The van der Waals surface area contributed by atoms with Crippen molar-refractivity contribution in [1.82, 2.24) is 14.4 Å². The van der Waals surface area contributed by atoms with E-state index in [-0.39, 0.29) is 0 Å². The van der Waals surface area contributed by atoms with Gasteiger partial charge >= 0.3 is 0 Å². The summed E-state index contributed by atoms with van der Waals surface area (Å²) in [5, 5.41) is 0. The maximum atomic E-state index is 4.78. The van der Waals surface area contributed by atoms with Crippen LogP contribution in [0.1, 0.15) is 11.3 Å². The fraction of sp³-hybridized carbons (Fsp3) is 0.200. The van der Waals surface area contributed by atoms with Crippen LogP contribution in [-0.4, -0.2) is 28.5 Å². The van der Waals surface area contributed by atoms with Crippen molar-refractivity contribution < 1.29 is 0 Å². The van der Waals surface area contributed by atoms with Crippen LogP contribution in [0.25, 0.3) is 16.7 Å². The summed E-state index contributed by atoms with van der Waals surface area (Å²) in [7, 11) is 4.02. The molecule has 0 aliphatic rings. The van der Waals surface area contributed by atoms with Crippen LogP contribution in [0.15, 0.2) is 60.8 Å². The first-order chi connectivity index (χ1) is 11.7. The normalized spacial score (nSPS) is 11.2. The van der Waals surface area contributed by atoms with E-state index in [0.717, 1.165) is 35.3 Å². The number of nitrogens with zero attached hydrogens (tertiary/aromatic N) is 4. The van der Waals surface area contributed by atoms with Crippen molar-refractivity contribution in [3.8, 4) is 0 Å². The molecule has 0 saturated carbocycles. The average molecular weight is 316 g/mol. The Bertz CT molecular complexity index is 987. The third kappa shape index (κ3) is 2.50. The molecule has 0 aliphatic carbocycles. The third-order valence-corrected chi connectivity index (χ3v) is 4.32. The van der Waals surface area contributed by atoms with Gasteiger partial charge in [0.15, 0.2) is 11.5 Å². The smallest absolute Gasteiger partial charge is 0.181 e. The lowest BCUT2D eigenvalue weighted by atomic mass is 10.1. The summed E-state index contributed by atoms with van der Waals surface area (Å²) in [5.74, 6) is 0.902. The SMILES string of the molecule is CN(C)c1nc2ccccc2n2c(CCc3ccccc3)cnc12. The second kappa shape index (κ2) is 5.96. The fourth-order valence-corrected chi connectivity index (χ4v) is 3.12. The fourth-order valence-electron chi connectivity index (χ4n) is 3.12. The van der Waals surface area contributed by atoms with Gasteiger partial charge in [0.05, 0.1) is 11.0 Å². The largest absolute Gasteiger partial charge is 0.360 e. The Kier molecular flexibility index (Phi) is 3.65. The summed E-state index contributed by atoms with van der Waals surface area (Å²) in [5.41, 5.74) is 5.59. The van der Waals surface area contributed by atoms with Gasteiger partial charge < -0.3 is 4.90 Å². The van der Waals surface area contributed by atoms with E-state index in [0.29, 0.717) is 0 Å². The van der Waals surface area contributed by atoms with E-state index in [1.807, 2.05) is 31.3 Å². The van der Waals surface area contributed by atoms with Crippen LogP contribution in [-0.2, 0) is 12.8 Å². The Morgan fingerprint density at radius 1 is 0.917 bits per heavy atom. The summed E-state index contributed by atoms with van der Waals surface area (Å²) in [6.45, 7) is 0. The van der Waals surface area contributed by atoms with Gasteiger partial charge in [-0.3, -0.25) is 4.40 Å². The molecule has 4 aromatic rings. The van der Waals surface area contributed by atoms with Gasteiger partial charge in [-0.05, 0) is 30.5 Å². The number of benzene rings is 2. The van der Waals surface area contributed by atoms with Crippen LogP contribution in [0.2, 0.25) is 0 Å². The molecule has 4 heteroatoms. The molecule has 0 saturated heterocycles. The summed E-state index contributed by atoms with van der Waals surface area (Å²) >= 11 is 0. The molecule has 0 bridgehead atoms. The predicted octanol–water partition coefficient (Wildman–Crippen LogP) is 3.73. The zero-order valence-corrected chi connectivity index (χ0v) is 14.0. The average Bonchev–Trinajstić information content (AvgIpc) is 3.04. The highest BCUT2D eigenvalue weighted by molar-refractivity contribution is 5.83. The Hall–Kier alpha value is -2.88. The van der Waals surface area contributed by atoms with Crippen LogP contribution >= 0.6 is 0 Å². The summed E-state index contributed by atoms with van der Waals surface area (Å²) in [6, 6.07) is 18.8. The van der Waals surface area contributed by atoms with Crippen molar-refractivity contribution in [2.75, 3.05) is 19.0 Å². The molecule has 0 atom stereocenters. The molecular weight excluding hydrogens is 296 g/mol. The topological polar surface area (TPSA) is 33.4 Å². The lowest BCUT2D eigenvalue weighted by Gasteiger charge is -2.15. The lowest BCUT2D eigenvalue weighted by molar-refractivity contribution is 0.904. The molecule has 2 aromatic carbocycles. The van der Waals surface area contributed by atoms with Crippen molar-refractivity contribution >= 4 is 22.5 Å². The van der Waals surface area contributed by atoms with Gasteiger partial charge in [-0.2, -0.15) is 0 Å². The molecule has 0 amide bonds. The number of anilines is 1. The molecule has 0 N–H and O–H groups in total. The van der Waals surface area contributed by atoms with Crippen LogP contribution < -0.4 is 4.90 Å². The van der Waals surface area contributed by atoms with Crippen molar-refractivity contribution in [3.63, 3.8) is 0 Å². The number of para-hydroxylation sites is 2. The van der Waals surface area contributed by atoms with Crippen LogP contribution in [0, 0.1) is 0 Å². The van der Waals surface area contributed by atoms with Gasteiger partial charge in [-0.25, -0.2) is 9.97 Å². The van der Waals surface area contributed by atoms with Gasteiger partial charge in [-0.1, -0.05) is 42.5 Å². The number of rotatable bonds is 4. The number of hydrogen-bond acceptors (Lipinski definition) is 3. The number of aromatic nitrogens is 3. The molecule has 2 heterocycles. The molecule has 0 spiro atoms. The molecular formula is C20H20N4. The van der Waals surface area contributed by atoms with Crippen molar-refractivity contribution in [3.05, 3.63) is 72.1 Å².